The molecule has 3 aromatic heterocycles. The molecule has 1 atom stereocenters. The summed E-state index contributed by atoms with van der Waals surface area (Å²) in [7, 11) is 0. The van der Waals surface area contributed by atoms with Gasteiger partial charge in [-0.05, 0) is 31.4 Å². The van der Waals surface area contributed by atoms with Gasteiger partial charge in [0, 0.05) is 17.8 Å². The zero-order chi connectivity index (χ0) is 18.7. The van der Waals surface area contributed by atoms with Gasteiger partial charge in [-0.25, -0.2) is 9.50 Å². The minimum atomic E-state index is -0.466. The van der Waals surface area contributed by atoms with Crippen LogP contribution in [0.5, 0.6) is 5.75 Å². The molecule has 0 spiro atoms. The van der Waals surface area contributed by atoms with Crippen LogP contribution in [0.25, 0.3) is 17.0 Å². The largest absolute Gasteiger partial charge is 0.489 e. The van der Waals surface area contributed by atoms with Gasteiger partial charge in [0.05, 0.1) is 29.3 Å². The van der Waals surface area contributed by atoms with Gasteiger partial charge in [0.25, 0.3) is 0 Å². The van der Waals surface area contributed by atoms with Crippen molar-refractivity contribution in [1.82, 2.24) is 19.6 Å². The molecule has 2 N–H and O–H groups in total. The topological polar surface area (TPSA) is 102 Å². The first-order valence-corrected chi connectivity index (χ1v) is 8.50. The SMILES string of the molecule is CC(C)C[C@](C)(N)COc1cnc(-c2ccnc3ccnn23)cc1C#N. The number of fused-ring (bicyclic) bond motifs is 1. The molecule has 134 valence electrons. The van der Waals surface area contributed by atoms with E-state index in [1.165, 1.54) is 0 Å². The Hall–Kier alpha value is -2.98. The lowest BCUT2D eigenvalue weighted by Gasteiger charge is -2.26. The highest BCUT2D eigenvalue weighted by Crippen LogP contribution is 2.25. The number of aromatic nitrogens is 4. The first kappa shape index (κ1) is 17.8. The molecule has 3 heterocycles. The zero-order valence-corrected chi connectivity index (χ0v) is 15.2. The maximum Gasteiger partial charge on any atom is 0.155 e. The van der Waals surface area contributed by atoms with E-state index in [0.717, 1.165) is 17.8 Å². The standard InChI is InChI=1S/C19H22N6O/c1-13(2)9-19(3,21)12-26-17-11-23-15(8-14(17)10-20)16-4-6-22-18-5-7-24-25(16)18/h4-8,11,13H,9,12,21H2,1-3H3/t19-/m0/s1. The van der Waals surface area contributed by atoms with Crippen molar-refractivity contribution in [3.63, 3.8) is 0 Å². The molecule has 0 saturated carbocycles. The normalized spacial score (nSPS) is 13.5. The molecule has 0 fully saturated rings. The van der Waals surface area contributed by atoms with Crippen molar-refractivity contribution in [2.75, 3.05) is 6.61 Å². The summed E-state index contributed by atoms with van der Waals surface area (Å²) in [6, 6.07) is 7.49. The molecular weight excluding hydrogens is 328 g/mol. The molecule has 0 unspecified atom stereocenters. The Morgan fingerprint density at radius 1 is 1.31 bits per heavy atom. The summed E-state index contributed by atoms with van der Waals surface area (Å²) < 4.78 is 7.50. The Morgan fingerprint density at radius 3 is 2.85 bits per heavy atom. The smallest absolute Gasteiger partial charge is 0.155 e. The fraction of sp³-hybridized carbons (Fsp3) is 0.368. The maximum atomic E-state index is 9.51. The van der Waals surface area contributed by atoms with Crippen LogP contribution in [0.4, 0.5) is 0 Å². The Kier molecular flexibility index (Phi) is 4.87. The van der Waals surface area contributed by atoms with E-state index >= 15 is 0 Å². The van der Waals surface area contributed by atoms with Crippen LogP contribution in [0.3, 0.4) is 0 Å². The maximum absolute atomic E-state index is 9.51. The lowest BCUT2D eigenvalue weighted by atomic mass is 9.93. The van der Waals surface area contributed by atoms with Gasteiger partial charge >= 0.3 is 0 Å². The molecule has 26 heavy (non-hydrogen) atoms. The first-order chi connectivity index (χ1) is 12.4. The van der Waals surface area contributed by atoms with E-state index in [1.54, 1.807) is 29.2 Å². The molecule has 7 nitrogen and oxygen atoms in total. The molecule has 0 radical (unpaired) electrons. The average molecular weight is 350 g/mol. The number of nitrogens with zero attached hydrogens (tertiary/aromatic N) is 5. The van der Waals surface area contributed by atoms with Gasteiger partial charge in [0.1, 0.15) is 12.7 Å². The van der Waals surface area contributed by atoms with Gasteiger partial charge in [0.15, 0.2) is 11.4 Å². The fourth-order valence-corrected chi connectivity index (χ4v) is 3.05. The van der Waals surface area contributed by atoms with E-state index in [4.69, 9.17) is 10.5 Å². The van der Waals surface area contributed by atoms with Crippen molar-refractivity contribution >= 4 is 5.65 Å². The van der Waals surface area contributed by atoms with E-state index in [-0.39, 0.29) is 0 Å². The van der Waals surface area contributed by atoms with E-state index in [9.17, 15) is 5.26 Å². The minimum Gasteiger partial charge on any atom is -0.489 e. The van der Waals surface area contributed by atoms with Crippen molar-refractivity contribution < 1.29 is 4.74 Å². The van der Waals surface area contributed by atoms with Crippen LogP contribution < -0.4 is 10.5 Å². The molecule has 7 heteroatoms. The summed E-state index contributed by atoms with van der Waals surface area (Å²) in [5.74, 6) is 0.898. The van der Waals surface area contributed by atoms with E-state index < -0.39 is 5.54 Å². The Bertz CT molecular complexity index is 954. The first-order valence-electron chi connectivity index (χ1n) is 8.50. The number of nitriles is 1. The van der Waals surface area contributed by atoms with Gasteiger partial charge in [0.2, 0.25) is 0 Å². The molecule has 0 bridgehead atoms. The summed E-state index contributed by atoms with van der Waals surface area (Å²) in [6.07, 6.45) is 5.76. The minimum absolute atomic E-state index is 0.319. The zero-order valence-electron chi connectivity index (χ0n) is 15.2. The second-order valence-electron chi connectivity index (χ2n) is 7.15. The Morgan fingerprint density at radius 2 is 2.12 bits per heavy atom. The molecular formula is C19H22N6O. The second-order valence-corrected chi connectivity index (χ2v) is 7.15. The van der Waals surface area contributed by atoms with Crippen molar-refractivity contribution in [2.24, 2.45) is 11.7 Å². The number of nitrogens with two attached hydrogens (primary N) is 1. The van der Waals surface area contributed by atoms with Gasteiger partial charge in [-0.15, -0.1) is 0 Å². The van der Waals surface area contributed by atoms with Gasteiger partial charge in [-0.3, -0.25) is 4.98 Å². The van der Waals surface area contributed by atoms with Crippen LogP contribution in [0, 0.1) is 17.2 Å². The number of pyridine rings is 1. The molecule has 0 aliphatic rings. The number of hydrogen-bond acceptors (Lipinski definition) is 6. The summed E-state index contributed by atoms with van der Waals surface area (Å²) in [5, 5.41) is 13.8. The highest BCUT2D eigenvalue weighted by molar-refractivity contribution is 5.61. The van der Waals surface area contributed by atoms with E-state index in [2.05, 4.69) is 35.0 Å². The lowest BCUT2D eigenvalue weighted by Crippen LogP contribution is -2.43. The highest BCUT2D eigenvalue weighted by Gasteiger charge is 2.22. The predicted molar refractivity (Wildman–Crippen MR) is 98.5 cm³/mol. The molecule has 0 aliphatic carbocycles. The second kappa shape index (κ2) is 7.10. The van der Waals surface area contributed by atoms with Gasteiger partial charge in [-0.1, -0.05) is 13.8 Å². The molecule has 0 amide bonds. The third kappa shape index (κ3) is 3.81. The van der Waals surface area contributed by atoms with Crippen LogP contribution in [-0.4, -0.2) is 31.7 Å². The van der Waals surface area contributed by atoms with Crippen molar-refractivity contribution in [2.45, 2.75) is 32.7 Å². The number of hydrogen-bond donors (Lipinski definition) is 1. The monoisotopic (exact) mass is 350 g/mol. The molecule has 3 aromatic rings. The van der Waals surface area contributed by atoms with Crippen LogP contribution in [0.2, 0.25) is 0 Å². The van der Waals surface area contributed by atoms with Crippen LogP contribution in [0.1, 0.15) is 32.8 Å². The molecule has 0 aliphatic heterocycles. The predicted octanol–water partition coefficient (Wildman–Crippen LogP) is 2.81. The third-order valence-electron chi connectivity index (χ3n) is 3.97. The van der Waals surface area contributed by atoms with Gasteiger partial charge < -0.3 is 10.5 Å². The fourth-order valence-electron chi connectivity index (χ4n) is 3.05. The van der Waals surface area contributed by atoms with Crippen LogP contribution in [0.15, 0.2) is 36.8 Å². The Labute approximate surface area is 152 Å². The van der Waals surface area contributed by atoms with E-state index in [1.807, 2.05) is 19.1 Å². The number of ether oxygens (including phenoxy) is 1. The van der Waals surface area contributed by atoms with Crippen molar-refractivity contribution in [1.29, 1.82) is 5.26 Å². The average Bonchev–Trinajstić information content (AvgIpc) is 3.07. The summed E-state index contributed by atoms with van der Waals surface area (Å²) >= 11 is 0. The van der Waals surface area contributed by atoms with Crippen LogP contribution in [-0.2, 0) is 0 Å². The van der Waals surface area contributed by atoms with E-state index in [0.29, 0.717) is 29.5 Å². The summed E-state index contributed by atoms with van der Waals surface area (Å²) in [6.45, 7) is 6.51. The van der Waals surface area contributed by atoms with Crippen molar-refractivity contribution in [3.05, 3.63) is 42.4 Å². The molecule has 3 rings (SSSR count). The van der Waals surface area contributed by atoms with Gasteiger partial charge in [-0.2, -0.15) is 10.4 Å². The third-order valence-corrected chi connectivity index (χ3v) is 3.97. The summed E-state index contributed by atoms with van der Waals surface area (Å²) in [4.78, 5) is 8.68. The number of rotatable bonds is 6. The Balaban J connectivity index is 1.87. The summed E-state index contributed by atoms with van der Waals surface area (Å²) in [5.41, 5.74) is 8.33. The highest BCUT2D eigenvalue weighted by atomic mass is 16.5. The molecule has 0 saturated heterocycles. The molecule has 0 aromatic carbocycles. The van der Waals surface area contributed by atoms with Crippen molar-refractivity contribution in [3.8, 4) is 23.2 Å². The quantitative estimate of drug-likeness (QED) is 0.733. The lowest BCUT2D eigenvalue weighted by molar-refractivity contribution is 0.206. The van der Waals surface area contributed by atoms with Crippen LogP contribution >= 0.6 is 0 Å².